The number of nitrogen functional groups attached to an aromatic ring is 1. The summed E-state index contributed by atoms with van der Waals surface area (Å²) in [5.74, 6) is -0.281. The molecule has 0 aromatic heterocycles. The van der Waals surface area contributed by atoms with Gasteiger partial charge in [-0.2, -0.15) is 0 Å². The number of rotatable bonds is 6. The molecule has 0 spiro atoms. The molecule has 2 atom stereocenters. The molecule has 0 saturated carbocycles. The smallest absolute Gasteiger partial charge is 0.225 e. The molecular weight excluding hydrogens is 362 g/mol. The van der Waals surface area contributed by atoms with Crippen LogP contribution in [0.3, 0.4) is 0 Å². The first-order chi connectivity index (χ1) is 12.5. The van der Waals surface area contributed by atoms with Gasteiger partial charge in [-0.3, -0.25) is 9.59 Å². The van der Waals surface area contributed by atoms with Crippen LogP contribution in [0.25, 0.3) is 0 Å². The minimum Gasteiger partial charge on any atom is -0.399 e. The van der Waals surface area contributed by atoms with Gasteiger partial charge < -0.3 is 16.0 Å². The number of halogens is 1. The lowest BCUT2D eigenvalue weighted by molar-refractivity contribution is -0.130. The van der Waals surface area contributed by atoms with E-state index in [0.717, 1.165) is 23.2 Å². The van der Waals surface area contributed by atoms with Gasteiger partial charge in [-0.1, -0.05) is 42.5 Å². The highest BCUT2D eigenvalue weighted by Gasteiger charge is 2.36. The summed E-state index contributed by atoms with van der Waals surface area (Å²) < 4.78 is 0. The highest BCUT2D eigenvalue weighted by atomic mass is 35.5. The van der Waals surface area contributed by atoms with Gasteiger partial charge in [0, 0.05) is 25.2 Å². The van der Waals surface area contributed by atoms with Gasteiger partial charge in [-0.25, -0.2) is 0 Å². The maximum absolute atomic E-state index is 12.4. The third-order valence-electron chi connectivity index (χ3n) is 4.97. The van der Waals surface area contributed by atoms with Gasteiger partial charge in [0.25, 0.3) is 0 Å². The molecular formula is C21H26ClN3O2. The van der Waals surface area contributed by atoms with E-state index < -0.39 is 0 Å². The molecule has 1 aliphatic heterocycles. The summed E-state index contributed by atoms with van der Waals surface area (Å²) in [6.45, 7) is 3.04. The summed E-state index contributed by atoms with van der Waals surface area (Å²) in [4.78, 5) is 26.6. The molecule has 5 nitrogen and oxygen atoms in total. The van der Waals surface area contributed by atoms with Crippen LogP contribution in [0.4, 0.5) is 5.69 Å². The minimum absolute atomic E-state index is 0. The van der Waals surface area contributed by atoms with E-state index in [0.29, 0.717) is 13.1 Å². The first kappa shape index (κ1) is 20.8. The van der Waals surface area contributed by atoms with Crippen molar-refractivity contribution in [3.8, 4) is 0 Å². The number of carbonyl (C=O) groups excluding carboxylic acids is 2. The fourth-order valence-electron chi connectivity index (χ4n) is 3.35. The number of hydrogen-bond donors (Lipinski definition) is 2. The van der Waals surface area contributed by atoms with Crippen LogP contribution in [0, 0.1) is 5.92 Å². The number of anilines is 1. The van der Waals surface area contributed by atoms with Gasteiger partial charge in [0.1, 0.15) is 0 Å². The van der Waals surface area contributed by atoms with Gasteiger partial charge in [0.05, 0.1) is 12.0 Å². The summed E-state index contributed by atoms with van der Waals surface area (Å²) in [6.07, 6.45) is 1.03. The Morgan fingerprint density at radius 2 is 1.85 bits per heavy atom. The molecule has 1 saturated heterocycles. The Hall–Kier alpha value is -2.53. The van der Waals surface area contributed by atoms with E-state index in [1.54, 1.807) is 4.90 Å². The summed E-state index contributed by atoms with van der Waals surface area (Å²) >= 11 is 0. The number of nitrogens with two attached hydrogens (primary N) is 1. The second-order valence-electron chi connectivity index (χ2n) is 6.82. The van der Waals surface area contributed by atoms with Gasteiger partial charge in [0.2, 0.25) is 11.8 Å². The second kappa shape index (κ2) is 9.42. The molecule has 2 aromatic rings. The van der Waals surface area contributed by atoms with E-state index in [-0.39, 0.29) is 42.6 Å². The van der Waals surface area contributed by atoms with Crippen molar-refractivity contribution >= 4 is 29.9 Å². The maximum Gasteiger partial charge on any atom is 0.225 e. The molecule has 0 radical (unpaired) electrons. The fourth-order valence-corrected chi connectivity index (χ4v) is 3.35. The lowest BCUT2D eigenvalue weighted by Gasteiger charge is -2.25. The Kier molecular flexibility index (Phi) is 7.25. The molecule has 0 bridgehead atoms. The van der Waals surface area contributed by atoms with Crippen molar-refractivity contribution in [1.29, 1.82) is 0 Å². The standard InChI is InChI=1S/C21H25N3O2.ClH/c1-15(17-5-3-2-4-6-17)24-14-18(13-20(24)25)21(26)23-12-11-16-7-9-19(22)10-8-16;/h2-10,15,18H,11-14,22H2,1H3,(H,23,26);1H. The molecule has 3 N–H and O–H groups in total. The molecule has 1 heterocycles. The largest absolute Gasteiger partial charge is 0.399 e. The van der Waals surface area contributed by atoms with E-state index in [9.17, 15) is 9.59 Å². The molecule has 3 rings (SSSR count). The Morgan fingerprint density at radius 1 is 1.19 bits per heavy atom. The summed E-state index contributed by atoms with van der Waals surface area (Å²) in [7, 11) is 0. The third-order valence-corrected chi connectivity index (χ3v) is 4.97. The predicted molar refractivity (Wildman–Crippen MR) is 109 cm³/mol. The number of hydrogen-bond acceptors (Lipinski definition) is 3. The number of nitrogens with one attached hydrogen (secondary N) is 1. The summed E-state index contributed by atoms with van der Waals surface area (Å²) in [5.41, 5.74) is 8.62. The third kappa shape index (κ3) is 5.23. The van der Waals surface area contributed by atoms with Crippen molar-refractivity contribution < 1.29 is 9.59 Å². The van der Waals surface area contributed by atoms with Crippen molar-refractivity contribution in [3.63, 3.8) is 0 Å². The van der Waals surface area contributed by atoms with Crippen LogP contribution in [-0.4, -0.2) is 29.8 Å². The van der Waals surface area contributed by atoms with Crippen LogP contribution in [0.15, 0.2) is 54.6 Å². The van der Waals surface area contributed by atoms with Gasteiger partial charge in [-0.05, 0) is 36.6 Å². The lowest BCUT2D eigenvalue weighted by atomic mass is 10.1. The normalized spacial score (nSPS) is 17.3. The Morgan fingerprint density at radius 3 is 2.52 bits per heavy atom. The van der Waals surface area contributed by atoms with E-state index >= 15 is 0 Å². The topological polar surface area (TPSA) is 75.4 Å². The number of nitrogens with zero attached hydrogens (tertiary/aromatic N) is 1. The van der Waals surface area contributed by atoms with Gasteiger partial charge >= 0.3 is 0 Å². The van der Waals surface area contributed by atoms with Crippen LogP contribution in [0.2, 0.25) is 0 Å². The number of likely N-dealkylation sites (tertiary alicyclic amines) is 1. The van der Waals surface area contributed by atoms with E-state index in [4.69, 9.17) is 5.73 Å². The zero-order chi connectivity index (χ0) is 18.5. The van der Waals surface area contributed by atoms with Crippen molar-refractivity contribution in [3.05, 3.63) is 65.7 Å². The molecule has 1 fully saturated rings. The van der Waals surface area contributed by atoms with Crippen LogP contribution >= 0.6 is 12.4 Å². The SMILES string of the molecule is CC(c1ccccc1)N1CC(C(=O)NCCc2ccc(N)cc2)CC1=O.Cl. The second-order valence-corrected chi connectivity index (χ2v) is 6.82. The van der Waals surface area contributed by atoms with Crippen molar-refractivity contribution in [2.24, 2.45) is 5.92 Å². The quantitative estimate of drug-likeness (QED) is 0.748. The average Bonchev–Trinajstić information content (AvgIpc) is 3.05. The Labute approximate surface area is 166 Å². The number of carbonyl (C=O) groups is 2. The van der Waals surface area contributed by atoms with E-state index in [2.05, 4.69) is 5.32 Å². The first-order valence-corrected chi connectivity index (χ1v) is 9.01. The number of benzene rings is 2. The molecule has 1 aliphatic rings. The van der Waals surface area contributed by atoms with Crippen molar-refractivity contribution in [1.82, 2.24) is 10.2 Å². The zero-order valence-corrected chi connectivity index (χ0v) is 16.2. The molecule has 27 heavy (non-hydrogen) atoms. The molecule has 2 unspecified atom stereocenters. The highest BCUT2D eigenvalue weighted by molar-refractivity contribution is 5.89. The Balaban J connectivity index is 0.00000261. The van der Waals surface area contributed by atoms with Crippen LogP contribution in [0.5, 0.6) is 0 Å². The minimum atomic E-state index is -0.278. The fraction of sp³-hybridized carbons (Fsp3) is 0.333. The first-order valence-electron chi connectivity index (χ1n) is 9.01. The summed E-state index contributed by atoms with van der Waals surface area (Å²) in [5, 5.41) is 2.96. The van der Waals surface area contributed by atoms with E-state index in [1.165, 1.54) is 0 Å². The highest BCUT2D eigenvalue weighted by Crippen LogP contribution is 2.28. The molecule has 144 valence electrons. The van der Waals surface area contributed by atoms with Gasteiger partial charge in [-0.15, -0.1) is 12.4 Å². The van der Waals surface area contributed by atoms with Crippen LogP contribution in [-0.2, 0) is 16.0 Å². The Bertz CT molecular complexity index is 765. The monoisotopic (exact) mass is 387 g/mol. The van der Waals surface area contributed by atoms with Gasteiger partial charge in [0.15, 0.2) is 0 Å². The maximum atomic E-state index is 12.4. The molecule has 2 aromatic carbocycles. The van der Waals surface area contributed by atoms with Crippen molar-refractivity contribution in [2.75, 3.05) is 18.8 Å². The molecule has 6 heteroatoms. The van der Waals surface area contributed by atoms with Crippen molar-refractivity contribution in [2.45, 2.75) is 25.8 Å². The zero-order valence-electron chi connectivity index (χ0n) is 15.4. The van der Waals surface area contributed by atoms with E-state index in [1.807, 2.05) is 61.5 Å². The van der Waals surface area contributed by atoms with Crippen LogP contribution < -0.4 is 11.1 Å². The predicted octanol–water partition coefficient (Wildman–Crippen LogP) is 2.96. The van der Waals surface area contributed by atoms with Crippen LogP contribution in [0.1, 0.15) is 30.5 Å². The molecule has 0 aliphatic carbocycles. The number of amides is 2. The summed E-state index contributed by atoms with van der Waals surface area (Å²) in [6, 6.07) is 17.5. The molecule has 2 amide bonds. The average molecular weight is 388 g/mol. The lowest BCUT2D eigenvalue weighted by Crippen LogP contribution is -2.34.